The van der Waals surface area contributed by atoms with Crippen LogP contribution in [0.2, 0.25) is 0 Å². The summed E-state index contributed by atoms with van der Waals surface area (Å²) in [6.07, 6.45) is -0.138. The molecule has 0 aliphatic carbocycles. The average Bonchev–Trinajstić information content (AvgIpc) is 3.00. The van der Waals surface area contributed by atoms with Gasteiger partial charge in [-0.05, 0) is 11.6 Å². The van der Waals surface area contributed by atoms with Gasteiger partial charge in [-0.2, -0.15) is 0 Å². The molecule has 1 aromatic carbocycles. The Morgan fingerprint density at radius 2 is 1.83 bits per heavy atom. The van der Waals surface area contributed by atoms with E-state index < -0.39 is 0 Å². The van der Waals surface area contributed by atoms with Crippen LogP contribution in [-0.2, 0) is 16.0 Å². The summed E-state index contributed by atoms with van der Waals surface area (Å²) in [6, 6.07) is 6.40. The summed E-state index contributed by atoms with van der Waals surface area (Å²) in [6.45, 7) is 5.37. The Balaban J connectivity index is 1.42. The largest absolute Gasteiger partial charge is 0.448 e. The molecular weight excluding hydrogens is 313 g/mol. The minimum absolute atomic E-state index is 0.0390. The molecule has 2 saturated heterocycles. The SMILES string of the molecule is O=C(Cc1ccccc1F)N1CCN(CCN2CCOC2=O)CC1. The zero-order valence-electron chi connectivity index (χ0n) is 13.6. The van der Waals surface area contributed by atoms with Gasteiger partial charge in [0.25, 0.3) is 0 Å². The lowest BCUT2D eigenvalue weighted by atomic mass is 10.1. The molecule has 0 saturated carbocycles. The van der Waals surface area contributed by atoms with Gasteiger partial charge in [0, 0.05) is 39.3 Å². The maximum absolute atomic E-state index is 13.6. The van der Waals surface area contributed by atoms with Crippen molar-refractivity contribution >= 4 is 12.0 Å². The van der Waals surface area contributed by atoms with Crippen LogP contribution in [0.1, 0.15) is 5.56 Å². The number of rotatable bonds is 5. The predicted octanol–water partition coefficient (Wildman–Crippen LogP) is 0.965. The van der Waals surface area contributed by atoms with Gasteiger partial charge >= 0.3 is 6.09 Å². The first-order valence-corrected chi connectivity index (χ1v) is 8.29. The molecule has 2 aliphatic heterocycles. The van der Waals surface area contributed by atoms with Crippen molar-refractivity contribution in [2.45, 2.75) is 6.42 Å². The number of carbonyl (C=O) groups excluding carboxylic acids is 2. The quantitative estimate of drug-likeness (QED) is 0.804. The fraction of sp³-hybridized carbons (Fsp3) is 0.529. The molecule has 0 unspecified atom stereocenters. The Labute approximate surface area is 140 Å². The zero-order chi connectivity index (χ0) is 16.9. The van der Waals surface area contributed by atoms with Crippen molar-refractivity contribution in [3.05, 3.63) is 35.6 Å². The smallest absolute Gasteiger partial charge is 0.409 e. The highest BCUT2D eigenvalue weighted by Gasteiger charge is 2.25. The molecule has 2 heterocycles. The van der Waals surface area contributed by atoms with E-state index >= 15 is 0 Å². The Kier molecular flexibility index (Phi) is 5.30. The van der Waals surface area contributed by atoms with Gasteiger partial charge in [0.15, 0.2) is 0 Å². The van der Waals surface area contributed by atoms with Crippen LogP contribution in [0, 0.1) is 5.82 Å². The highest BCUT2D eigenvalue weighted by atomic mass is 19.1. The molecule has 2 fully saturated rings. The molecule has 0 bridgehead atoms. The number of benzene rings is 1. The van der Waals surface area contributed by atoms with E-state index in [0.29, 0.717) is 38.3 Å². The van der Waals surface area contributed by atoms with Gasteiger partial charge in [-0.1, -0.05) is 18.2 Å². The molecule has 1 aromatic rings. The first kappa shape index (κ1) is 16.7. The average molecular weight is 335 g/mol. The third kappa shape index (κ3) is 4.03. The lowest BCUT2D eigenvalue weighted by Crippen LogP contribution is -2.50. The van der Waals surface area contributed by atoms with Gasteiger partial charge in [0.1, 0.15) is 12.4 Å². The van der Waals surface area contributed by atoms with Crippen molar-refractivity contribution in [1.82, 2.24) is 14.7 Å². The summed E-state index contributed by atoms with van der Waals surface area (Å²) in [5, 5.41) is 0. The van der Waals surface area contributed by atoms with E-state index in [1.807, 2.05) is 0 Å². The van der Waals surface area contributed by atoms with Crippen LogP contribution in [0.3, 0.4) is 0 Å². The van der Waals surface area contributed by atoms with E-state index in [1.165, 1.54) is 6.07 Å². The molecule has 130 valence electrons. The number of piperazine rings is 1. The lowest BCUT2D eigenvalue weighted by Gasteiger charge is -2.35. The standard InChI is InChI=1S/C17H22FN3O3/c18-15-4-2-1-3-14(15)13-16(22)20-8-5-19(6-9-20)7-10-21-11-12-24-17(21)23/h1-4H,5-13H2. The lowest BCUT2D eigenvalue weighted by molar-refractivity contribution is -0.132. The Morgan fingerprint density at radius 1 is 1.08 bits per heavy atom. The van der Waals surface area contributed by atoms with E-state index in [9.17, 15) is 14.0 Å². The van der Waals surface area contributed by atoms with Crippen LogP contribution in [-0.4, -0.2) is 79.1 Å². The van der Waals surface area contributed by atoms with E-state index in [0.717, 1.165) is 19.6 Å². The Hall–Kier alpha value is -2.15. The first-order valence-electron chi connectivity index (χ1n) is 8.29. The third-order valence-electron chi connectivity index (χ3n) is 4.56. The molecule has 2 aliphatic rings. The summed E-state index contributed by atoms with van der Waals surface area (Å²) in [4.78, 5) is 29.4. The van der Waals surface area contributed by atoms with Crippen molar-refractivity contribution < 1.29 is 18.7 Å². The maximum atomic E-state index is 13.6. The van der Waals surface area contributed by atoms with Crippen LogP contribution in [0.4, 0.5) is 9.18 Å². The van der Waals surface area contributed by atoms with Gasteiger partial charge in [-0.25, -0.2) is 9.18 Å². The second-order valence-electron chi connectivity index (χ2n) is 6.09. The molecule has 7 heteroatoms. The summed E-state index contributed by atoms with van der Waals surface area (Å²) >= 11 is 0. The second kappa shape index (κ2) is 7.61. The Morgan fingerprint density at radius 3 is 2.50 bits per heavy atom. The minimum atomic E-state index is -0.331. The number of ether oxygens (including phenoxy) is 1. The number of halogens is 1. The number of hydrogen-bond donors (Lipinski definition) is 0. The molecule has 0 aromatic heterocycles. The zero-order valence-corrected chi connectivity index (χ0v) is 13.6. The number of amides is 2. The molecule has 0 atom stereocenters. The van der Waals surface area contributed by atoms with E-state index in [1.54, 1.807) is 28.0 Å². The second-order valence-corrected chi connectivity index (χ2v) is 6.09. The molecule has 0 N–H and O–H groups in total. The molecular formula is C17H22FN3O3. The van der Waals surface area contributed by atoms with Crippen LogP contribution < -0.4 is 0 Å². The first-order chi connectivity index (χ1) is 11.6. The van der Waals surface area contributed by atoms with Gasteiger partial charge in [0.2, 0.25) is 5.91 Å². The van der Waals surface area contributed by atoms with E-state index in [4.69, 9.17) is 4.74 Å². The summed E-state index contributed by atoms with van der Waals surface area (Å²) in [7, 11) is 0. The van der Waals surface area contributed by atoms with E-state index in [-0.39, 0.29) is 24.2 Å². The number of carbonyl (C=O) groups is 2. The van der Waals surface area contributed by atoms with Gasteiger partial charge in [-0.15, -0.1) is 0 Å². The normalized spacial score (nSPS) is 18.8. The monoisotopic (exact) mass is 335 g/mol. The number of hydrogen-bond acceptors (Lipinski definition) is 4. The van der Waals surface area contributed by atoms with Crippen LogP contribution in [0.5, 0.6) is 0 Å². The fourth-order valence-corrected chi connectivity index (χ4v) is 3.03. The predicted molar refractivity (Wildman–Crippen MR) is 86.0 cm³/mol. The fourth-order valence-electron chi connectivity index (χ4n) is 3.03. The molecule has 3 rings (SSSR count). The summed E-state index contributed by atoms with van der Waals surface area (Å²) < 4.78 is 18.5. The van der Waals surface area contributed by atoms with Crippen LogP contribution >= 0.6 is 0 Å². The molecule has 0 spiro atoms. The third-order valence-corrected chi connectivity index (χ3v) is 4.56. The Bertz CT molecular complexity index is 602. The van der Waals surface area contributed by atoms with Crippen molar-refractivity contribution in [1.29, 1.82) is 0 Å². The molecule has 24 heavy (non-hydrogen) atoms. The summed E-state index contributed by atoms with van der Waals surface area (Å²) in [5.74, 6) is -0.371. The highest BCUT2D eigenvalue weighted by molar-refractivity contribution is 5.79. The van der Waals surface area contributed by atoms with Crippen molar-refractivity contribution in [3.63, 3.8) is 0 Å². The van der Waals surface area contributed by atoms with Crippen LogP contribution in [0.25, 0.3) is 0 Å². The van der Waals surface area contributed by atoms with Gasteiger partial charge in [0.05, 0.1) is 13.0 Å². The highest BCUT2D eigenvalue weighted by Crippen LogP contribution is 2.11. The molecule has 6 nitrogen and oxygen atoms in total. The van der Waals surface area contributed by atoms with Crippen LogP contribution in [0.15, 0.2) is 24.3 Å². The van der Waals surface area contributed by atoms with Crippen molar-refractivity contribution in [2.24, 2.45) is 0 Å². The topological polar surface area (TPSA) is 53.1 Å². The maximum Gasteiger partial charge on any atom is 0.409 e. The minimum Gasteiger partial charge on any atom is -0.448 e. The molecule has 2 amide bonds. The van der Waals surface area contributed by atoms with Gasteiger partial charge < -0.3 is 14.5 Å². The number of cyclic esters (lactones) is 1. The number of nitrogens with zero attached hydrogens (tertiary/aromatic N) is 3. The summed E-state index contributed by atoms with van der Waals surface area (Å²) in [5.41, 5.74) is 0.442. The molecule has 0 radical (unpaired) electrons. The van der Waals surface area contributed by atoms with Gasteiger partial charge in [-0.3, -0.25) is 9.69 Å². The van der Waals surface area contributed by atoms with E-state index in [2.05, 4.69) is 4.90 Å². The van der Waals surface area contributed by atoms with Crippen molar-refractivity contribution in [3.8, 4) is 0 Å². The van der Waals surface area contributed by atoms with Crippen molar-refractivity contribution in [2.75, 3.05) is 52.4 Å².